The van der Waals surface area contributed by atoms with Crippen LogP contribution in [0.2, 0.25) is 5.02 Å². The molecule has 84 valence electrons. The standard InChI is InChI=1S/C9H9ClN4O2/c1-15-7-4-5(9-11-13-14-12-9)3-6(10)8(7)16-2/h3-4H,1-2H3,(H,11,12,13,14). The van der Waals surface area contributed by atoms with Crippen molar-refractivity contribution in [1.29, 1.82) is 0 Å². The van der Waals surface area contributed by atoms with Crippen LogP contribution in [0.3, 0.4) is 0 Å². The van der Waals surface area contributed by atoms with E-state index in [9.17, 15) is 0 Å². The van der Waals surface area contributed by atoms with Crippen molar-refractivity contribution >= 4 is 11.6 Å². The number of aromatic amines is 1. The molecule has 0 aliphatic heterocycles. The van der Waals surface area contributed by atoms with E-state index in [0.717, 1.165) is 0 Å². The second-order valence-corrected chi connectivity index (χ2v) is 3.34. The number of methoxy groups -OCH3 is 2. The summed E-state index contributed by atoms with van der Waals surface area (Å²) in [5, 5.41) is 14.0. The second-order valence-electron chi connectivity index (χ2n) is 2.93. The van der Waals surface area contributed by atoms with Crippen molar-refractivity contribution in [3.8, 4) is 22.9 Å². The largest absolute Gasteiger partial charge is 0.493 e. The zero-order chi connectivity index (χ0) is 11.5. The average Bonchev–Trinajstić information content (AvgIpc) is 2.81. The fraction of sp³-hybridized carbons (Fsp3) is 0.222. The van der Waals surface area contributed by atoms with E-state index in [2.05, 4.69) is 20.6 Å². The SMILES string of the molecule is COc1cc(-c2nn[nH]n2)cc(Cl)c1OC. The summed E-state index contributed by atoms with van der Waals surface area (Å²) in [7, 11) is 3.06. The molecule has 1 heterocycles. The zero-order valence-electron chi connectivity index (χ0n) is 8.69. The monoisotopic (exact) mass is 240 g/mol. The molecule has 0 aliphatic carbocycles. The molecule has 0 radical (unpaired) electrons. The van der Waals surface area contributed by atoms with Crippen LogP contribution in [0.5, 0.6) is 11.5 Å². The number of halogens is 1. The van der Waals surface area contributed by atoms with Crippen molar-refractivity contribution < 1.29 is 9.47 Å². The van der Waals surface area contributed by atoms with Gasteiger partial charge in [-0.2, -0.15) is 5.21 Å². The Hall–Kier alpha value is -1.82. The first-order chi connectivity index (χ1) is 7.76. The fourth-order valence-electron chi connectivity index (χ4n) is 1.33. The molecule has 0 saturated heterocycles. The lowest BCUT2D eigenvalue weighted by Crippen LogP contribution is -1.93. The lowest BCUT2D eigenvalue weighted by molar-refractivity contribution is 0.355. The van der Waals surface area contributed by atoms with Crippen LogP contribution in [0.15, 0.2) is 12.1 Å². The lowest BCUT2D eigenvalue weighted by atomic mass is 10.2. The van der Waals surface area contributed by atoms with E-state index in [1.165, 1.54) is 14.2 Å². The quantitative estimate of drug-likeness (QED) is 0.881. The number of nitrogens with zero attached hydrogens (tertiary/aromatic N) is 3. The van der Waals surface area contributed by atoms with Gasteiger partial charge < -0.3 is 9.47 Å². The van der Waals surface area contributed by atoms with E-state index < -0.39 is 0 Å². The summed E-state index contributed by atoms with van der Waals surface area (Å²) in [6.45, 7) is 0. The molecular weight excluding hydrogens is 232 g/mol. The number of tetrazole rings is 1. The first-order valence-electron chi connectivity index (χ1n) is 4.41. The van der Waals surface area contributed by atoms with Gasteiger partial charge in [-0.05, 0) is 17.3 Å². The summed E-state index contributed by atoms with van der Waals surface area (Å²) in [6.07, 6.45) is 0. The first-order valence-corrected chi connectivity index (χ1v) is 4.79. The number of H-pyrrole nitrogens is 1. The van der Waals surface area contributed by atoms with Crippen LogP contribution < -0.4 is 9.47 Å². The van der Waals surface area contributed by atoms with Crippen LogP contribution in [0, 0.1) is 0 Å². The van der Waals surface area contributed by atoms with E-state index in [-0.39, 0.29) is 0 Å². The maximum atomic E-state index is 6.04. The first kappa shape index (κ1) is 10.7. The molecule has 1 aromatic heterocycles. The average molecular weight is 241 g/mol. The summed E-state index contributed by atoms with van der Waals surface area (Å²) in [5.41, 5.74) is 0.705. The maximum absolute atomic E-state index is 6.04. The van der Waals surface area contributed by atoms with Crippen molar-refractivity contribution in [2.75, 3.05) is 14.2 Å². The number of rotatable bonds is 3. The molecule has 7 heteroatoms. The molecule has 1 N–H and O–H groups in total. The summed E-state index contributed by atoms with van der Waals surface area (Å²) in [5.74, 6) is 1.45. The van der Waals surface area contributed by atoms with Gasteiger partial charge in [0.1, 0.15) is 0 Å². The number of ether oxygens (including phenoxy) is 2. The number of benzene rings is 1. The minimum atomic E-state index is 0.432. The summed E-state index contributed by atoms with van der Waals surface area (Å²) in [6, 6.07) is 3.42. The second kappa shape index (κ2) is 4.36. The molecule has 0 saturated carbocycles. The summed E-state index contributed by atoms with van der Waals surface area (Å²) < 4.78 is 10.3. The molecule has 0 bridgehead atoms. The molecular formula is C9H9ClN4O2. The van der Waals surface area contributed by atoms with Crippen LogP contribution >= 0.6 is 11.6 Å². The zero-order valence-corrected chi connectivity index (χ0v) is 9.45. The third-order valence-electron chi connectivity index (χ3n) is 2.04. The van der Waals surface area contributed by atoms with Crippen LogP contribution in [-0.2, 0) is 0 Å². The minimum absolute atomic E-state index is 0.432. The number of hydrogen-bond acceptors (Lipinski definition) is 5. The fourth-order valence-corrected chi connectivity index (χ4v) is 1.62. The molecule has 0 aliphatic rings. The Labute approximate surface area is 96.5 Å². The maximum Gasteiger partial charge on any atom is 0.204 e. The van der Waals surface area contributed by atoms with Crippen molar-refractivity contribution in [2.45, 2.75) is 0 Å². The van der Waals surface area contributed by atoms with Crippen molar-refractivity contribution in [1.82, 2.24) is 20.6 Å². The van der Waals surface area contributed by atoms with Crippen LogP contribution in [0.25, 0.3) is 11.4 Å². The van der Waals surface area contributed by atoms with Gasteiger partial charge >= 0.3 is 0 Å². The summed E-state index contributed by atoms with van der Waals surface area (Å²) >= 11 is 6.04. The Balaban J connectivity index is 2.54. The van der Waals surface area contributed by atoms with Gasteiger partial charge in [-0.25, -0.2) is 0 Å². The number of hydrogen-bond donors (Lipinski definition) is 1. The Bertz CT molecular complexity index is 487. The van der Waals surface area contributed by atoms with Gasteiger partial charge in [0, 0.05) is 5.56 Å². The Morgan fingerprint density at radius 3 is 2.62 bits per heavy atom. The predicted octanol–water partition coefficient (Wildman–Crippen LogP) is 1.54. The van der Waals surface area contributed by atoms with Crippen molar-refractivity contribution in [3.05, 3.63) is 17.2 Å². The highest BCUT2D eigenvalue weighted by Crippen LogP contribution is 2.38. The third kappa shape index (κ3) is 1.79. The van der Waals surface area contributed by atoms with Gasteiger partial charge in [-0.1, -0.05) is 11.6 Å². The van der Waals surface area contributed by atoms with Gasteiger partial charge in [0.25, 0.3) is 0 Å². The molecule has 0 amide bonds. The van der Waals surface area contributed by atoms with Gasteiger partial charge in [-0.3, -0.25) is 0 Å². The number of nitrogens with one attached hydrogen (secondary N) is 1. The molecule has 0 unspecified atom stereocenters. The van der Waals surface area contributed by atoms with E-state index >= 15 is 0 Å². The van der Waals surface area contributed by atoms with Crippen LogP contribution in [0.1, 0.15) is 0 Å². The van der Waals surface area contributed by atoms with Gasteiger partial charge in [-0.15, -0.1) is 10.2 Å². The molecule has 16 heavy (non-hydrogen) atoms. The van der Waals surface area contributed by atoms with Crippen LogP contribution in [-0.4, -0.2) is 34.8 Å². The molecule has 6 nitrogen and oxygen atoms in total. The highest BCUT2D eigenvalue weighted by Gasteiger charge is 2.13. The third-order valence-corrected chi connectivity index (χ3v) is 2.32. The van der Waals surface area contributed by atoms with Gasteiger partial charge in [0.05, 0.1) is 19.2 Å². The summed E-state index contributed by atoms with van der Waals surface area (Å²) in [4.78, 5) is 0. The van der Waals surface area contributed by atoms with Crippen molar-refractivity contribution in [3.63, 3.8) is 0 Å². The highest BCUT2D eigenvalue weighted by atomic mass is 35.5. The molecule has 0 fully saturated rings. The molecule has 2 rings (SSSR count). The highest BCUT2D eigenvalue weighted by molar-refractivity contribution is 6.32. The molecule has 0 spiro atoms. The Morgan fingerprint density at radius 2 is 2.06 bits per heavy atom. The van der Waals surface area contributed by atoms with Crippen LogP contribution in [0.4, 0.5) is 0 Å². The molecule has 0 atom stereocenters. The Morgan fingerprint density at radius 1 is 1.25 bits per heavy atom. The van der Waals surface area contributed by atoms with Gasteiger partial charge in [0.15, 0.2) is 11.5 Å². The van der Waals surface area contributed by atoms with E-state index in [0.29, 0.717) is 27.9 Å². The van der Waals surface area contributed by atoms with Gasteiger partial charge in [0.2, 0.25) is 5.82 Å². The topological polar surface area (TPSA) is 72.9 Å². The minimum Gasteiger partial charge on any atom is -0.493 e. The van der Waals surface area contributed by atoms with E-state index in [1.54, 1.807) is 12.1 Å². The van der Waals surface area contributed by atoms with E-state index in [4.69, 9.17) is 21.1 Å². The lowest BCUT2D eigenvalue weighted by Gasteiger charge is -2.10. The Kier molecular flexibility index (Phi) is 2.91. The normalized spacial score (nSPS) is 10.2. The smallest absolute Gasteiger partial charge is 0.204 e. The molecule has 1 aromatic carbocycles. The van der Waals surface area contributed by atoms with Crippen molar-refractivity contribution in [2.24, 2.45) is 0 Å². The number of aromatic nitrogens is 4. The van der Waals surface area contributed by atoms with E-state index in [1.807, 2.05) is 0 Å². The predicted molar refractivity (Wildman–Crippen MR) is 57.7 cm³/mol. The molecule has 2 aromatic rings.